The molecule has 0 saturated heterocycles. The molecule has 0 bridgehead atoms. The molecule has 4 atom stereocenters. The number of halogens is 1. The molecule has 1 aliphatic carbocycles. The molecule has 1 aromatic rings. The largest absolute Gasteiger partial charge is 0.369 e. The maximum Gasteiger partial charge on any atom is 0.0967 e. The summed E-state index contributed by atoms with van der Waals surface area (Å²) in [7, 11) is 0. The van der Waals surface area contributed by atoms with Crippen molar-refractivity contribution in [1.29, 1.82) is 0 Å². The molecule has 1 aliphatic rings. The fourth-order valence-electron chi connectivity index (χ4n) is 3.10. The highest BCUT2D eigenvalue weighted by Crippen LogP contribution is 2.34. The number of benzene rings is 1. The lowest BCUT2D eigenvalue weighted by Gasteiger charge is -2.34. The number of ether oxygens (including phenoxy) is 1. The van der Waals surface area contributed by atoms with Gasteiger partial charge in [0.2, 0.25) is 0 Å². The first-order chi connectivity index (χ1) is 10.1. The third-order valence-electron chi connectivity index (χ3n) is 4.74. The minimum atomic E-state index is 0.0456. The molecule has 2 nitrogen and oxygen atoms in total. The molecule has 1 saturated carbocycles. The lowest BCUT2D eigenvalue weighted by molar-refractivity contribution is -0.0478. The van der Waals surface area contributed by atoms with Crippen LogP contribution in [0.1, 0.15) is 51.7 Å². The zero-order valence-electron chi connectivity index (χ0n) is 13.4. The van der Waals surface area contributed by atoms with E-state index < -0.39 is 0 Å². The molecule has 0 heterocycles. The van der Waals surface area contributed by atoms with E-state index in [1.54, 1.807) is 0 Å². The summed E-state index contributed by atoms with van der Waals surface area (Å²) in [6, 6.07) is 8.04. The molecule has 0 radical (unpaired) electrons. The number of hydrogen-bond acceptors (Lipinski definition) is 2. The van der Waals surface area contributed by atoms with Crippen LogP contribution in [0.5, 0.6) is 0 Å². The van der Waals surface area contributed by atoms with Crippen LogP contribution < -0.4 is 5.32 Å². The molecule has 2 rings (SSSR count). The first kappa shape index (κ1) is 16.8. The van der Waals surface area contributed by atoms with Gasteiger partial charge in [0.1, 0.15) is 0 Å². The predicted octanol–water partition coefficient (Wildman–Crippen LogP) is 4.83. The van der Waals surface area contributed by atoms with Crippen LogP contribution in [0.2, 0.25) is 5.02 Å². The van der Waals surface area contributed by atoms with E-state index in [1.165, 1.54) is 12.8 Å². The van der Waals surface area contributed by atoms with Gasteiger partial charge in [0.25, 0.3) is 0 Å². The quantitative estimate of drug-likeness (QED) is 0.812. The molecular formula is C18H28ClNO. The Labute approximate surface area is 134 Å². The molecule has 1 aromatic carbocycles. The molecule has 118 valence electrons. The Morgan fingerprint density at radius 3 is 2.67 bits per heavy atom. The van der Waals surface area contributed by atoms with Crippen LogP contribution in [-0.4, -0.2) is 19.2 Å². The van der Waals surface area contributed by atoms with E-state index >= 15 is 0 Å². The van der Waals surface area contributed by atoms with Crippen LogP contribution in [0.25, 0.3) is 0 Å². The third-order valence-corrected chi connectivity index (χ3v) is 5.08. The predicted molar refractivity (Wildman–Crippen MR) is 89.8 cm³/mol. The Bertz CT molecular complexity index is 437. The molecule has 0 aromatic heterocycles. The maximum atomic E-state index is 6.43. The fourth-order valence-corrected chi connectivity index (χ4v) is 3.35. The minimum Gasteiger partial charge on any atom is -0.369 e. The van der Waals surface area contributed by atoms with Gasteiger partial charge in [-0.2, -0.15) is 0 Å². The summed E-state index contributed by atoms with van der Waals surface area (Å²) in [5, 5.41) is 4.20. The van der Waals surface area contributed by atoms with Crippen LogP contribution in [0.15, 0.2) is 24.3 Å². The number of nitrogens with one attached hydrogen (secondary N) is 1. The second-order valence-corrected chi connectivity index (χ2v) is 6.75. The van der Waals surface area contributed by atoms with Gasteiger partial charge in [-0.1, -0.05) is 50.6 Å². The van der Waals surface area contributed by atoms with Gasteiger partial charge in [-0.05, 0) is 43.7 Å². The summed E-state index contributed by atoms with van der Waals surface area (Å²) in [5.41, 5.74) is 1.10. The molecule has 21 heavy (non-hydrogen) atoms. The summed E-state index contributed by atoms with van der Waals surface area (Å²) < 4.78 is 6.43. The van der Waals surface area contributed by atoms with Crippen LogP contribution in [-0.2, 0) is 4.74 Å². The minimum absolute atomic E-state index is 0.0456. The van der Waals surface area contributed by atoms with Crippen molar-refractivity contribution in [3.63, 3.8) is 0 Å². The van der Waals surface area contributed by atoms with Gasteiger partial charge in [-0.15, -0.1) is 0 Å². The van der Waals surface area contributed by atoms with Gasteiger partial charge in [-0.25, -0.2) is 0 Å². The number of likely N-dealkylation sites (N-methyl/N-ethyl adjacent to an activating group) is 1. The third kappa shape index (κ3) is 4.70. The molecule has 3 heteroatoms. The smallest absolute Gasteiger partial charge is 0.0967 e. The van der Waals surface area contributed by atoms with Gasteiger partial charge < -0.3 is 10.1 Å². The average molecular weight is 310 g/mol. The standard InChI is InChI=1S/C18H28ClNO/c1-4-20-12-18(16-7-5-6-8-17(16)19)21-15-10-9-13(2)14(3)11-15/h5-8,13-15,18,20H,4,9-12H2,1-3H3. The van der Waals surface area contributed by atoms with Gasteiger partial charge in [-0.3, -0.25) is 0 Å². The van der Waals surface area contributed by atoms with Crippen molar-refractivity contribution >= 4 is 11.6 Å². The highest BCUT2D eigenvalue weighted by atomic mass is 35.5. The molecule has 4 unspecified atom stereocenters. The van der Waals surface area contributed by atoms with E-state index in [0.29, 0.717) is 6.10 Å². The van der Waals surface area contributed by atoms with Crippen molar-refractivity contribution in [3.05, 3.63) is 34.9 Å². The van der Waals surface area contributed by atoms with Gasteiger partial charge in [0.15, 0.2) is 0 Å². The summed E-state index contributed by atoms with van der Waals surface area (Å²) in [5.74, 6) is 1.56. The van der Waals surface area contributed by atoms with Crippen molar-refractivity contribution in [2.75, 3.05) is 13.1 Å². The van der Waals surface area contributed by atoms with E-state index in [-0.39, 0.29) is 6.10 Å². The summed E-state index contributed by atoms with van der Waals surface area (Å²) >= 11 is 6.36. The van der Waals surface area contributed by atoms with Crippen molar-refractivity contribution in [1.82, 2.24) is 5.32 Å². The zero-order chi connectivity index (χ0) is 15.2. The van der Waals surface area contributed by atoms with Crippen molar-refractivity contribution < 1.29 is 4.74 Å². The monoisotopic (exact) mass is 309 g/mol. The molecule has 0 aliphatic heterocycles. The van der Waals surface area contributed by atoms with Crippen LogP contribution in [0.4, 0.5) is 0 Å². The second kappa shape index (κ2) is 8.17. The van der Waals surface area contributed by atoms with Gasteiger partial charge >= 0.3 is 0 Å². The Balaban J connectivity index is 2.05. The molecule has 1 N–H and O–H groups in total. The Kier molecular flexibility index (Phi) is 6.53. The van der Waals surface area contributed by atoms with Gasteiger partial charge in [0, 0.05) is 17.1 Å². The normalized spacial score (nSPS) is 27.5. The summed E-state index contributed by atoms with van der Waals surface area (Å²) in [6.45, 7) is 8.58. The van der Waals surface area contributed by atoms with E-state index in [1.807, 2.05) is 18.2 Å². The van der Waals surface area contributed by atoms with E-state index in [4.69, 9.17) is 16.3 Å². The van der Waals surface area contributed by atoms with Crippen molar-refractivity contribution in [2.24, 2.45) is 11.8 Å². The molecule has 0 amide bonds. The molecule has 1 fully saturated rings. The first-order valence-electron chi connectivity index (χ1n) is 8.22. The van der Waals surface area contributed by atoms with Crippen LogP contribution in [0, 0.1) is 11.8 Å². The van der Waals surface area contributed by atoms with Crippen molar-refractivity contribution in [3.8, 4) is 0 Å². The van der Waals surface area contributed by atoms with E-state index in [0.717, 1.165) is 41.9 Å². The van der Waals surface area contributed by atoms with E-state index in [9.17, 15) is 0 Å². The molecule has 0 spiro atoms. The first-order valence-corrected chi connectivity index (χ1v) is 8.60. The lowest BCUT2D eigenvalue weighted by Crippen LogP contribution is -2.31. The number of rotatable bonds is 6. The van der Waals surface area contributed by atoms with E-state index in [2.05, 4.69) is 32.2 Å². The van der Waals surface area contributed by atoms with Gasteiger partial charge in [0.05, 0.1) is 12.2 Å². The summed E-state index contributed by atoms with van der Waals surface area (Å²) in [6.07, 6.45) is 4.00. The number of hydrogen-bond donors (Lipinski definition) is 1. The average Bonchev–Trinajstić information content (AvgIpc) is 2.48. The van der Waals surface area contributed by atoms with Crippen LogP contribution >= 0.6 is 11.6 Å². The Morgan fingerprint density at radius 1 is 1.24 bits per heavy atom. The summed E-state index contributed by atoms with van der Waals surface area (Å²) in [4.78, 5) is 0. The highest BCUT2D eigenvalue weighted by Gasteiger charge is 2.28. The highest BCUT2D eigenvalue weighted by molar-refractivity contribution is 6.31. The zero-order valence-corrected chi connectivity index (χ0v) is 14.2. The lowest BCUT2D eigenvalue weighted by atomic mass is 9.80. The van der Waals surface area contributed by atoms with Crippen LogP contribution in [0.3, 0.4) is 0 Å². The maximum absolute atomic E-state index is 6.43. The SMILES string of the molecule is CCNCC(OC1CCC(C)C(C)C1)c1ccccc1Cl. The topological polar surface area (TPSA) is 21.3 Å². The second-order valence-electron chi connectivity index (χ2n) is 6.34. The Morgan fingerprint density at radius 2 is 2.00 bits per heavy atom. The fraction of sp³-hybridized carbons (Fsp3) is 0.667. The van der Waals surface area contributed by atoms with Crippen molar-refractivity contribution in [2.45, 2.75) is 52.2 Å². The molecular weight excluding hydrogens is 282 g/mol. The Hall–Kier alpha value is -0.570.